The third-order valence-corrected chi connectivity index (χ3v) is 23.5. The predicted octanol–water partition coefficient (Wildman–Crippen LogP) is 28.4. The number of furan rings is 3. The van der Waals surface area contributed by atoms with Gasteiger partial charge in [-0.3, -0.25) is 0 Å². The number of aromatic nitrogens is 8. The van der Waals surface area contributed by atoms with Crippen molar-refractivity contribution in [2.24, 2.45) is 0 Å². The fourth-order valence-corrected chi connectivity index (χ4v) is 17.9. The van der Waals surface area contributed by atoms with Crippen molar-refractivity contribution < 1.29 is 13.3 Å². The van der Waals surface area contributed by atoms with Crippen LogP contribution in [0.3, 0.4) is 0 Å². The van der Waals surface area contributed by atoms with Crippen LogP contribution in [0.5, 0.6) is 0 Å². The Morgan fingerprint density at radius 2 is 0.504 bits per heavy atom. The van der Waals surface area contributed by atoms with Crippen LogP contribution in [0.25, 0.3) is 244 Å². The van der Waals surface area contributed by atoms with Gasteiger partial charge in [0.2, 0.25) is 0 Å². The minimum absolute atomic E-state index is 0.555. The molecular weight excluding hydrogens is 1460 g/mol. The maximum atomic E-state index is 7.01. The summed E-state index contributed by atoms with van der Waals surface area (Å²) in [7, 11) is 0. The average Bonchev–Trinajstić information content (AvgIpc) is 1.66. The zero-order valence-corrected chi connectivity index (χ0v) is 63.8. The summed E-state index contributed by atoms with van der Waals surface area (Å²) in [6, 6.07) is 136. The molecule has 0 spiro atoms. The third kappa shape index (κ3) is 11.2. The molecule has 0 fully saturated rings. The summed E-state index contributed by atoms with van der Waals surface area (Å²) >= 11 is 0. The Bertz CT molecular complexity index is 8300. The van der Waals surface area contributed by atoms with Crippen molar-refractivity contribution in [1.29, 1.82) is 0 Å². The monoisotopic (exact) mass is 1520 g/mol. The Balaban J connectivity index is 0.000000136. The lowest BCUT2D eigenvalue weighted by Gasteiger charge is -2.15. The Kier molecular flexibility index (Phi) is 15.4. The number of nitrogens with zero attached hydrogens (tertiary/aromatic N) is 8. The predicted molar refractivity (Wildman–Crippen MR) is 486 cm³/mol. The van der Waals surface area contributed by atoms with Gasteiger partial charge in [0.25, 0.3) is 0 Å². The van der Waals surface area contributed by atoms with Crippen LogP contribution in [0, 0.1) is 0 Å². The minimum atomic E-state index is 0.555. The molecule has 7 heterocycles. The molecule has 0 aliphatic rings. The smallest absolute Gasteiger partial charge is 0.167 e. The zero-order valence-electron chi connectivity index (χ0n) is 63.8. The molecule has 0 bridgehead atoms. The minimum Gasteiger partial charge on any atom is -0.456 e. The topological polar surface area (TPSA) is 127 Å². The molecule has 0 N–H and O–H groups in total. The molecule has 0 saturated heterocycles. The van der Waals surface area contributed by atoms with Gasteiger partial charge in [-0.2, -0.15) is 0 Å². The third-order valence-electron chi connectivity index (χ3n) is 23.5. The van der Waals surface area contributed by atoms with Gasteiger partial charge in [-0.05, 0) is 158 Å². The number of rotatable bonds is 10. The first-order chi connectivity index (χ1) is 59.0. The second-order valence-corrected chi connectivity index (χ2v) is 30.3. The van der Waals surface area contributed by atoms with E-state index >= 15 is 0 Å². The number of fused-ring (bicyclic) bond motifs is 21. The van der Waals surface area contributed by atoms with Gasteiger partial charge >= 0.3 is 0 Å². The lowest BCUT2D eigenvalue weighted by atomic mass is 9.93. The van der Waals surface area contributed by atoms with Crippen molar-refractivity contribution in [3.05, 3.63) is 388 Å². The van der Waals surface area contributed by atoms with Crippen LogP contribution in [0.2, 0.25) is 0 Å². The lowest BCUT2D eigenvalue weighted by molar-refractivity contribution is 0.667. The molecule has 11 heteroatoms. The van der Waals surface area contributed by atoms with Crippen molar-refractivity contribution in [2.45, 2.75) is 0 Å². The molecule has 0 aliphatic carbocycles. The van der Waals surface area contributed by atoms with E-state index in [1.165, 1.54) is 70.6 Å². The summed E-state index contributed by atoms with van der Waals surface area (Å²) < 4.78 is 24.0. The second-order valence-electron chi connectivity index (χ2n) is 30.3. The van der Waals surface area contributed by atoms with E-state index < -0.39 is 0 Å². The van der Waals surface area contributed by atoms with Gasteiger partial charge in [-0.25, -0.2) is 29.9 Å². The highest BCUT2D eigenvalue weighted by Gasteiger charge is 2.25. The fraction of sp³-hybridized carbons (Fsp3) is 0. The molecule has 25 aromatic rings. The van der Waals surface area contributed by atoms with E-state index in [0.29, 0.717) is 34.9 Å². The maximum Gasteiger partial charge on any atom is 0.167 e. The highest BCUT2D eigenvalue weighted by atomic mass is 16.3. The number of para-hydroxylation sites is 6. The first kappa shape index (κ1) is 67.3. The molecule has 0 unspecified atom stereocenters. The van der Waals surface area contributed by atoms with Gasteiger partial charge in [0.15, 0.2) is 40.5 Å². The molecule has 0 atom stereocenters. The van der Waals surface area contributed by atoms with Crippen LogP contribution in [-0.2, 0) is 0 Å². The highest BCUT2D eigenvalue weighted by Crippen LogP contribution is 2.46. The van der Waals surface area contributed by atoms with Crippen LogP contribution in [0.1, 0.15) is 0 Å². The maximum absolute atomic E-state index is 7.01. The van der Waals surface area contributed by atoms with Crippen molar-refractivity contribution >= 4 is 142 Å². The van der Waals surface area contributed by atoms with Gasteiger partial charge < -0.3 is 22.4 Å². The number of hydrogen-bond donors (Lipinski definition) is 0. The van der Waals surface area contributed by atoms with Crippen LogP contribution in [0.15, 0.2) is 401 Å². The zero-order chi connectivity index (χ0) is 78.2. The average molecular weight is 1520 g/mol. The molecule has 0 radical (unpaired) electrons. The normalized spacial score (nSPS) is 11.9. The number of benzene rings is 18. The van der Waals surface area contributed by atoms with E-state index in [0.717, 1.165) is 138 Å². The molecule has 0 amide bonds. The SMILES string of the molecule is c1ccc(-c2nc(-c3ccccc3)nc(-c3ccc4c5ccc(-n6c7ccccc7c7cc(-c8ccc9oc%10ccccc%10c9c8)ccc76)cc5c5ccccc5c4c3)n2)cc1.c1ccc(-c2nc(-c3ccccc3)nc(-c3cccc4c3oc3c(-n5c6ccccc6c6cc(-c7ccc8oc9ccccc9c8c7)ccc65)cccc34)n2)cc1. The largest absolute Gasteiger partial charge is 0.456 e. The van der Waals surface area contributed by atoms with E-state index in [1.54, 1.807) is 0 Å². The standard InChI is InChI=1S/C57H34N4O.C51H30N4O2/c1-3-13-35(14-4-1)55-58-56(36-15-5-2-6-16-36)60-57(59-55)39-23-27-43-44-28-26-40(34-48(44)42-18-8-7-17-41(42)47(43)33-39)61-51-21-11-9-19-45(51)49-31-37(24-29-52(49)61)38-25-30-54-50(32-38)46-20-10-12-22-53(46)62-54;1-3-13-31(14-4-1)49-52-50(32-15-5-2-6-16-32)54-51(53-49)39-21-11-19-37-38-20-12-23-44(48(38)57-47(37)39)55-42-22-9-7-17-35(42)40-29-33(25-27-43(40)55)34-26-28-46-41(30-34)36-18-8-10-24-45(36)56-46/h1-34H;1-30H. The second kappa shape index (κ2) is 27.2. The van der Waals surface area contributed by atoms with Gasteiger partial charge in [-0.15, -0.1) is 0 Å². The molecular formula is C108H64N8O3. The van der Waals surface area contributed by atoms with Crippen LogP contribution < -0.4 is 0 Å². The Labute approximate surface area is 679 Å². The molecule has 25 rings (SSSR count). The van der Waals surface area contributed by atoms with Crippen molar-refractivity contribution in [3.63, 3.8) is 0 Å². The molecule has 0 saturated carbocycles. The Morgan fingerprint density at radius 1 is 0.168 bits per heavy atom. The van der Waals surface area contributed by atoms with Gasteiger partial charge in [-0.1, -0.05) is 285 Å². The van der Waals surface area contributed by atoms with Gasteiger partial charge in [0.05, 0.1) is 33.3 Å². The van der Waals surface area contributed by atoms with Crippen LogP contribution in [0.4, 0.5) is 0 Å². The molecule has 554 valence electrons. The summed E-state index contributed by atoms with van der Waals surface area (Å²) in [5.41, 5.74) is 21.9. The van der Waals surface area contributed by atoms with Crippen LogP contribution in [-0.4, -0.2) is 39.0 Å². The van der Waals surface area contributed by atoms with Crippen molar-refractivity contribution in [1.82, 2.24) is 39.0 Å². The highest BCUT2D eigenvalue weighted by molar-refractivity contribution is 6.26. The summed E-state index contributed by atoms with van der Waals surface area (Å²) in [5.74, 6) is 3.71. The lowest BCUT2D eigenvalue weighted by Crippen LogP contribution is -2.00. The van der Waals surface area contributed by atoms with Gasteiger partial charge in [0, 0.05) is 87.4 Å². The van der Waals surface area contributed by atoms with Crippen molar-refractivity contribution in [3.8, 4) is 102 Å². The summed E-state index contributed by atoms with van der Waals surface area (Å²) in [4.78, 5) is 30.0. The van der Waals surface area contributed by atoms with Crippen molar-refractivity contribution in [2.75, 3.05) is 0 Å². The summed E-state index contributed by atoms with van der Waals surface area (Å²) in [6.45, 7) is 0. The molecule has 119 heavy (non-hydrogen) atoms. The molecule has 0 aliphatic heterocycles. The van der Waals surface area contributed by atoms with E-state index in [9.17, 15) is 0 Å². The first-order valence-electron chi connectivity index (χ1n) is 39.9. The number of hydrogen-bond acceptors (Lipinski definition) is 9. The quantitative estimate of drug-likeness (QED) is 0.123. The Morgan fingerprint density at radius 3 is 1.02 bits per heavy atom. The Hall–Kier alpha value is -16.2. The summed E-state index contributed by atoms with van der Waals surface area (Å²) in [6.07, 6.45) is 0. The van der Waals surface area contributed by atoms with E-state index in [4.69, 9.17) is 43.2 Å². The molecule has 11 nitrogen and oxygen atoms in total. The van der Waals surface area contributed by atoms with Crippen LogP contribution >= 0.6 is 0 Å². The van der Waals surface area contributed by atoms with E-state index in [2.05, 4.69) is 246 Å². The van der Waals surface area contributed by atoms with E-state index in [-0.39, 0.29) is 0 Å². The fourth-order valence-electron chi connectivity index (χ4n) is 17.9. The van der Waals surface area contributed by atoms with E-state index in [1.807, 2.05) is 152 Å². The molecule has 7 aromatic heterocycles. The molecule has 18 aromatic carbocycles. The first-order valence-corrected chi connectivity index (χ1v) is 39.9. The summed E-state index contributed by atoms with van der Waals surface area (Å²) in [5, 5.41) is 18.4. The van der Waals surface area contributed by atoms with Gasteiger partial charge in [0.1, 0.15) is 27.9 Å².